The van der Waals surface area contributed by atoms with Gasteiger partial charge in [-0.1, -0.05) is 66.2 Å². The third-order valence-electron chi connectivity index (χ3n) is 4.66. The van der Waals surface area contributed by atoms with Crippen LogP contribution < -0.4 is 29.6 Å². The Labute approximate surface area is 189 Å². The van der Waals surface area contributed by atoms with E-state index in [1.54, 1.807) is 0 Å². The summed E-state index contributed by atoms with van der Waals surface area (Å²) in [6, 6.07) is 0. The first-order valence-electron chi connectivity index (χ1n) is 10.2. The number of hydrogen-bond donors (Lipinski definition) is 1. The largest absolute Gasteiger partial charge is 1.00 e. The zero-order valence-corrected chi connectivity index (χ0v) is 20.9. The summed E-state index contributed by atoms with van der Waals surface area (Å²) < 4.78 is 47.1. The van der Waals surface area contributed by atoms with Crippen molar-refractivity contribution in [3.8, 4) is 0 Å². The van der Waals surface area contributed by atoms with E-state index in [0.717, 1.165) is 51.4 Å². The molecule has 0 aliphatic carbocycles. The van der Waals surface area contributed by atoms with Crippen LogP contribution in [0.2, 0.25) is 0 Å². The van der Waals surface area contributed by atoms with Gasteiger partial charge in [0.05, 0.1) is 13.2 Å². The van der Waals surface area contributed by atoms with Crippen molar-refractivity contribution in [3.63, 3.8) is 0 Å². The second-order valence-electron chi connectivity index (χ2n) is 7.05. The predicted molar refractivity (Wildman–Crippen MR) is 105 cm³/mol. The summed E-state index contributed by atoms with van der Waals surface area (Å²) in [5.41, 5.74) is 0. The van der Waals surface area contributed by atoms with Gasteiger partial charge in [-0.25, -0.2) is 4.18 Å². The summed E-state index contributed by atoms with van der Waals surface area (Å²) >= 11 is 0. The molecule has 0 amide bonds. The Hall–Kier alpha value is 0.790. The zero-order chi connectivity index (χ0) is 19.8. The fourth-order valence-corrected chi connectivity index (χ4v) is 3.26. The van der Waals surface area contributed by atoms with Crippen molar-refractivity contribution in [1.29, 1.82) is 0 Å². The molecule has 0 spiro atoms. The molecule has 158 valence electrons. The minimum Gasteiger partial charge on any atom is -0.378 e. The molecule has 0 bridgehead atoms. The van der Waals surface area contributed by atoms with Gasteiger partial charge in [0.1, 0.15) is 6.10 Å². The van der Waals surface area contributed by atoms with Gasteiger partial charge in [-0.2, -0.15) is 8.42 Å². The maximum Gasteiger partial charge on any atom is 1.00 e. The van der Waals surface area contributed by atoms with E-state index in [2.05, 4.69) is 27.7 Å². The Bertz CT molecular complexity index is 396. The van der Waals surface area contributed by atoms with Gasteiger partial charge in [0, 0.05) is 13.2 Å². The van der Waals surface area contributed by atoms with Crippen molar-refractivity contribution in [1.82, 2.24) is 0 Å². The summed E-state index contributed by atoms with van der Waals surface area (Å²) in [5.74, 6) is 0.918. The van der Waals surface area contributed by atoms with Crippen molar-refractivity contribution in [2.24, 2.45) is 11.8 Å². The van der Waals surface area contributed by atoms with E-state index in [1.165, 1.54) is 0 Å². The van der Waals surface area contributed by atoms with Gasteiger partial charge in [-0.3, -0.25) is 4.55 Å². The molecule has 27 heavy (non-hydrogen) atoms. The molecule has 0 aromatic rings. The van der Waals surface area contributed by atoms with Crippen molar-refractivity contribution >= 4 is 10.4 Å². The van der Waals surface area contributed by atoms with Crippen LogP contribution in [0.25, 0.3) is 0 Å². The molecule has 0 saturated heterocycles. The summed E-state index contributed by atoms with van der Waals surface area (Å²) in [6.07, 6.45) is 8.04. The summed E-state index contributed by atoms with van der Waals surface area (Å²) in [6.45, 7) is 9.88. The van der Waals surface area contributed by atoms with E-state index in [9.17, 15) is 8.42 Å². The molecule has 2 atom stereocenters. The third kappa shape index (κ3) is 18.6. The summed E-state index contributed by atoms with van der Waals surface area (Å²) in [7, 11) is -4.52. The molecule has 0 aliphatic rings. The van der Waals surface area contributed by atoms with Crippen LogP contribution in [-0.4, -0.2) is 45.5 Å². The van der Waals surface area contributed by atoms with Gasteiger partial charge < -0.3 is 9.47 Å². The Morgan fingerprint density at radius 2 is 1.19 bits per heavy atom. The maximum atomic E-state index is 11.1. The Balaban J connectivity index is 0. The van der Waals surface area contributed by atoms with E-state index in [1.807, 2.05) is 0 Å². The van der Waals surface area contributed by atoms with Crippen molar-refractivity contribution in [2.45, 2.75) is 85.2 Å². The zero-order valence-electron chi connectivity index (χ0n) is 18.1. The van der Waals surface area contributed by atoms with Gasteiger partial charge >= 0.3 is 40.0 Å². The monoisotopic (exact) mass is 419 g/mol. The van der Waals surface area contributed by atoms with Crippen LogP contribution in [0.3, 0.4) is 0 Å². The number of rotatable bonds is 18. The van der Waals surface area contributed by atoms with Crippen LogP contribution in [-0.2, 0) is 24.1 Å². The Morgan fingerprint density at radius 1 is 0.778 bits per heavy atom. The Morgan fingerprint density at radius 3 is 1.48 bits per heavy atom. The Kier molecular flexibility index (Phi) is 20.9. The van der Waals surface area contributed by atoms with Crippen LogP contribution in [0, 0.1) is 11.8 Å². The molecule has 0 saturated carbocycles. The molecule has 0 heterocycles. The molecule has 0 aliphatic heterocycles. The van der Waals surface area contributed by atoms with Gasteiger partial charge in [0.2, 0.25) is 0 Å². The minimum atomic E-state index is -4.52. The van der Waals surface area contributed by atoms with E-state index in [4.69, 9.17) is 18.2 Å². The van der Waals surface area contributed by atoms with Crippen LogP contribution in [0.1, 0.15) is 79.1 Å². The average Bonchev–Trinajstić information content (AvgIpc) is 2.59. The normalized spacial score (nSPS) is 15.1. The number of ether oxygens (including phenoxy) is 2. The fraction of sp³-hybridized carbons (Fsp3) is 1.00. The summed E-state index contributed by atoms with van der Waals surface area (Å²) in [5, 5.41) is 0. The van der Waals surface area contributed by atoms with Crippen LogP contribution >= 0.6 is 0 Å². The predicted octanol–water partition coefficient (Wildman–Crippen LogP) is 1.64. The molecule has 0 aromatic carbocycles. The van der Waals surface area contributed by atoms with E-state index in [0.29, 0.717) is 25.0 Å². The van der Waals surface area contributed by atoms with Gasteiger partial charge in [-0.05, 0) is 24.7 Å². The van der Waals surface area contributed by atoms with Crippen molar-refractivity contribution in [2.75, 3.05) is 26.4 Å². The molecular weight excluding hydrogens is 379 g/mol. The second kappa shape index (κ2) is 18.8. The molecule has 1 N–H and O–H groups in total. The number of unbranched alkanes of at least 4 members (excludes halogenated alkanes) is 2. The fourth-order valence-electron chi connectivity index (χ4n) is 2.80. The van der Waals surface area contributed by atoms with Gasteiger partial charge in [0.15, 0.2) is 0 Å². The molecule has 0 aromatic heterocycles. The van der Waals surface area contributed by atoms with E-state index >= 15 is 0 Å². The molecule has 0 radical (unpaired) electrons. The van der Waals surface area contributed by atoms with Gasteiger partial charge in [-0.15, -0.1) is 0 Å². The molecule has 0 fully saturated rings. The first-order chi connectivity index (χ1) is 12.4. The van der Waals surface area contributed by atoms with Gasteiger partial charge in [0.25, 0.3) is 0 Å². The topological polar surface area (TPSA) is 82.1 Å². The van der Waals surface area contributed by atoms with Crippen LogP contribution in [0.5, 0.6) is 0 Å². The molecule has 6 nitrogen and oxygen atoms in total. The molecule has 2 unspecified atom stereocenters. The van der Waals surface area contributed by atoms with Crippen LogP contribution in [0.4, 0.5) is 0 Å². The van der Waals surface area contributed by atoms with Crippen molar-refractivity contribution < 1.29 is 56.2 Å². The summed E-state index contributed by atoms with van der Waals surface area (Å²) in [4.78, 5) is 0. The standard InChI is InChI=1S/C19H40O6S.Na/c1-5-9-11-17(7-3)13-23-15-19(25-26(20,21)22)16-24-14-18(8-4)12-10-6-2;/h17-19H,5-16H2,1-4H3,(H,20,21,22);/q;+1. The smallest absolute Gasteiger partial charge is 0.378 e. The average molecular weight is 420 g/mol. The molecular formula is C19H40NaO6S+. The SMILES string of the molecule is CCCCC(CC)COCC(COCC(CC)CCCC)OS(=O)(=O)O.[Na+]. The first kappa shape index (κ1) is 30.0. The minimum absolute atomic E-state index is 0. The molecule has 8 heteroatoms. The maximum absolute atomic E-state index is 11.1. The second-order valence-corrected chi connectivity index (χ2v) is 8.10. The quantitative estimate of drug-likeness (QED) is 0.269. The van der Waals surface area contributed by atoms with Crippen LogP contribution in [0.15, 0.2) is 0 Å². The first-order valence-corrected chi connectivity index (χ1v) is 11.5. The van der Waals surface area contributed by atoms with E-state index < -0.39 is 16.5 Å². The molecule has 0 rings (SSSR count). The van der Waals surface area contributed by atoms with Crippen molar-refractivity contribution in [3.05, 3.63) is 0 Å². The third-order valence-corrected chi connectivity index (χ3v) is 5.17. The van der Waals surface area contributed by atoms with E-state index in [-0.39, 0.29) is 42.8 Å². The number of hydrogen-bond acceptors (Lipinski definition) is 5.